The third kappa shape index (κ3) is 4.51. The highest BCUT2D eigenvalue weighted by Crippen LogP contribution is 2.31. The quantitative estimate of drug-likeness (QED) is 0.471. The summed E-state index contributed by atoms with van der Waals surface area (Å²) < 4.78 is 17.9. The first-order valence-corrected chi connectivity index (χ1v) is 9.74. The van der Waals surface area contributed by atoms with Crippen molar-refractivity contribution in [2.75, 3.05) is 19.5 Å². The lowest BCUT2D eigenvalue weighted by molar-refractivity contribution is 0.102. The molecule has 0 aliphatic heterocycles. The fourth-order valence-electron chi connectivity index (χ4n) is 3.02. The number of para-hydroxylation sites is 1. The smallest absolute Gasteiger partial charge is 0.259 e. The predicted octanol–water partition coefficient (Wildman–Crippen LogP) is 4.03. The highest BCUT2D eigenvalue weighted by atomic mass is 16.5. The highest BCUT2D eigenvalue weighted by Gasteiger charge is 2.16. The molecule has 0 aliphatic carbocycles. The first kappa shape index (κ1) is 20.9. The summed E-state index contributed by atoms with van der Waals surface area (Å²) in [5.41, 5.74) is 1.86. The number of nitrogens with one attached hydrogen (secondary N) is 1. The Morgan fingerprint density at radius 3 is 2.38 bits per heavy atom. The first-order chi connectivity index (χ1) is 15.6. The molecule has 0 aliphatic rings. The Hall–Kier alpha value is -4.40. The van der Waals surface area contributed by atoms with Gasteiger partial charge in [0.2, 0.25) is 5.88 Å². The summed E-state index contributed by atoms with van der Waals surface area (Å²) in [5, 5.41) is 15.3. The third-order valence-electron chi connectivity index (χ3n) is 4.57. The highest BCUT2D eigenvalue weighted by molar-refractivity contribution is 6.06. The number of nitrogens with zero attached hydrogens (tertiary/aromatic N) is 4. The monoisotopic (exact) mass is 431 g/mol. The van der Waals surface area contributed by atoms with Gasteiger partial charge in [-0.05, 0) is 55.5 Å². The molecule has 0 saturated carbocycles. The van der Waals surface area contributed by atoms with E-state index in [1.54, 1.807) is 59.3 Å². The van der Waals surface area contributed by atoms with Gasteiger partial charge < -0.3 is 19.5 Å². The topological polar surface area (TPSA) is 100 Å². The van der Waals surface area contributed by atoms with Crippen LogP contribution in [0.3, 0.4) is 0 Å². The molecule has 0 unspecified atom stereocenters. The molecule has 0 atom stereocenters. The number of amides is 1. The van der Waals surface area contributed by atoms with Crippen LogP contribution >= 0.6 is 0 Å². The third-order valence-corrected chi connectivity index (χ3v) is 4.57. The fraction of sp³-hybridized carbons (Fsp3) is 0.130. The van der Waals surface area contributed by atoms with Gasteiger partial charge >= 0.3 is 0 Å². The van der Waals surface area contributed by atoms with Gasteiger partial charge in [0, 0.05) is 18.0 Å². The van der Waals surface area contributed by atoms with Gasteiger partial charge in [-0.15, -0.1) is 10.2 Å². The van der Waals surface area contributed by atoms with E-state index in [1.165, 1.54) is 14.2 Å². The van der Waals surface area contributed by atoms with E-state index < -0.39 is 0 Å². The predicted molar refractivity (Wildman–Crippen MR) is 118 cm³/mol. The summed E-state index contributed by atoms with van der Waals surface area (Å²) >= 11 is 0. The van der Waals surface area contributed by atoms with Crippen LogP contribution in [0.25, 0.3) is 5.82 Å². The Bertz CT molecular complexity index is 1220. The molecule has 2 aromatic heterocycles. The molecule has 162 valence electrons. The van der Waals surface area contributed by atoms with Crippen molar-refractivity contribution in [2.24, 2.45) is 0 Å². The average molecular weight is 431 g/mol. The van der Waals surface area contributed by atoms with Gasteiger partial charge in [-0.3, -0.25) is 4.79 Å². The molecule has 1 amide bonds. The minimum atomic E-state index is -0.315. The van der Waals surface area contributed by atoms with Crippen LogP contribution in [-0.4, -0.2) is 40.1 Å². The number of carbonyl (C=O) groups is 1. The lowest BCUT2D eigenvalue weighted by Gasteiger charge is -2.13. The summed E-state index contributed by atoms with van der Waals surface area (Å²) in [6, 6.07) is 17.4. The van der Waals surface area contributed by atoms with Crippen molar-refractivity contribution in [3.05, 3.63) is 78.1 Å². The fourth-order valence-corrected chi connectivity index (χ4v) is 3.02. The van der Waals surface area contributed by atoms with Crippen molar-refractivity contribution in [3.63, 3.8) is 0 Å². The lowest BCUT2D eigenvalue weighted by atomic mass is 10.1. The molecule has 0 spiro atoms. The Morgan fingerprint density at radius 2 is 1.75 bits per heavy atom. The van der Waals surface area contributed by atoms with Crippen molar-refractivity contribution in [2.45, 2.75) is 6.92 Å². The molecule has 9 nitrogen and oxygen atoms in total. The maximum absolute atomic E-state index is 12.7. The zero-order valence-electron chi connectivity index (χ0n) is 17.8. The van der Waals surface area contributed by atoms with Crippen LogP contribution in [0.5, 0.6) is 23.1 Å². The van der Waals surface area contributed by atoms with Crippen LogP contribution in [0.15, 0.2) is 66.9 Å². The van der Waals surface area contributed by atoms with E-state index in [-0.39, 0.29) is 5.91 Å². The van der Waals surface area contributed by atoms with Crippen LogP contribution < -0.4 is 19.5 Å². The Morgan fingerprint density at radius 1 is 0.938 bits per heavy atom. The number of carbonyl (C=O) groups excluding carboxylic acids is 1. The Labute approximate surface area is 184 Å². The molecule has 0 saturated heterocycles. The number of hydrogen-bond donors (Lipinski definition) is 1. The summed E-state index contributed by atoms with van der Waals surface area (Å²) in [6.07, 6.45) is 1.81. The van der Waals surface area contributed by atoms with Crippen LogP contribution in [-0.2, 0) is 0 Å². The second kappa shape index (κ2) is 9.17. The number of aryl methyl sites for hydroxylation is 1. The minimum absolute atomic E-state index is 0.315. The number of rotatable bonds is 7. The molecule has 4 aromatic rings. The van der Waals surface area contributed by atoms with Gasteiger partial charge in [0.15, 0.2) is 17.3 Å². The molecule has 1 N–H and O–H groups in total. The zero-order chi connectivity index (χ0) is 22.5. The molecule has 2 heterocycles. The molecule has 2 aromatic carbocycles. The van der Waals surface area contributed by atoms with Gasteiger partial charge in [-0.1, -0.05) is 6.07 Å². The molecule has 0 radical (unpaired) electrons. The van der Waals surface area contributed by atoms with Crippen molar-refractivity contribution in [3.8, 4) is 28.9 Å². The standard InChI is InChI=1S/C23H21N5O4/c1-15-13-14-28(27-15)20-11-12-21(26-25-20)32-17-9-7-16(8-10-17)24-23(29)18-5-4-6-19(30-2)22(18)31-3/h4-14H,1-3H3,(H,24,29). The summed E-state index contributed by atoms with van der Waals surface area (Å²) in [4.78, 5) is 12.7. The van der Waals surface area contributed by atoms with Crippen LogP contribution in [0.2, 0.25) is 0 Å². The number of methoxy groups -OCH3 is 2. The second-order valence-corrected chi connectivity index (χ2v) is 6.75. The number of ether oxygens (including phenoxy) is 3. The van der Waals surface area contributed by atoms with E-state index in [9.17, 15) is 4.79 Å². The summed E-state index contributed by atoms with van der Waals surface area (Å²) in [7, 11) is 3.01. The molecule has 9 heteroatoms. The SMILES string of the molecule is COc1cccc(C(=O)Nc2ccc(Oc3ccc(-n4ccc(C)n4)nn3)cc2)c1OC. The van der Waals surface area contributed by atoms with Crippen LogP contribution in [0.4, 0.5) is 5.69 Å². The number of anilines is 1. The van der Waals surface area contributed by atoms with Gasteiger partial charge in [-0.25, -0.2) is 4.68 Å². The minimum Gasteiger partial charge on any atom is -0.493 e. The van der Waals surface area contributed by atoms with E-state index in [0.717, 1.165) is 5.69 Å². The molecule has 0 fully saturated rings. The van der Waals surface area contributed by atoms with Crippen molar-refractivity contribution < 1.29 is 19.0 Å². The van der Waals surface area contributed by atoms with E-state index >= 15 is 0 Å². The lowest BCUT2D eigenvalue weighted by Crippen LogP contribution is -2.13. The number of aromatic nitrogens is 4. The van der Waals surface area contributed by atoms with Crippen LogP contribution in [0.1, 0.15) is 16.1 Å². The Kier molecular flexibility index (Phi) is 5.98. The molecular weight excluding hydrogens is 410 g/mol. The van der Waals surface area contributed by atoms with Gasteiger partial charge in [0.25, 0.3) is 5.91 Å². The number of benzene rings is 2. The maximum atomic E-state index is 12.7. The van der Waals surface area contributed by atoms with E-state index in [4.69, 9.17) is 14.2 Å². The van der Waals surface area contributed by atoms with Crippen LogP contribution in [0, 0.1) is 6.92 Å². The Balaban J connectivity index is 1.42. The van der Waals surface area contributed by atoms with E-state index in [1.807, 2.05) is 19.2 Å². The average Bonchev–Trinajstić information content (AvgIpc) is 3.26. The maximum Gasteiger partial charge on any atom is 0.259 e. The summed E-state index contributed by atoms with van der Waals surface area (Å²) in [6.45, 7) is 1.90. The van der Waals surface area contributed by atoms with Gasteiger partial charge in [0.05, 0.1) is 25.5 Å². The number of hydrogen-bond acceptors (Lipinski definition) is 7. The summed E-state index contributed by atoms with van der Waals surface area (Å²) in [5.74, 6) is 2.04. The molecule has 0 bridgehead atoms. The van der Waals surface area contributed by atoms with E-state index in [2.05, 4.69) is 20.6 Å². The van der Waals surface area contributed by atoms with Crippen molar-refractivity contribution in [1.29, 1.82) is 0 Å². The molecular formula is C23H21N5O4. The zero-order valence-corrected chi connectivity index (χ0v) is 17.8. The first-order valence-electron chi connectivity index (χ1n) is 9.74. The van der Waals surface area contributed by atoms with Gasteiger partial charge in [-0.2, -0.15) is 5.10 Å². The largest absolute Gasteiger partial charge is 0.493 e. The second-order valence-electron chi connectivity index (χ2n) is 6.75. The molecule has 32 heavy (non-hydrogen) atoms. The normalized spacial score (nSPS) is 10.5. The molecule has 4 rings (SSSR count). The van der Waals surface area contributed by atoms with E-state index in [0.29, 0.717) is 40.2 Å². The van der Waals surface area contributed by atoms with Gasteiger partial charge in [0.1, 0.15) is 5.75 Å². The van der Waals surface area contributed by atoms with Crippen molar-refractivity contribution >= 4 is 11.6 Å². The van der Waals surface area contributed by atoms with Crippen molar-refractivity contribution in [1.82, 2.24) is 20.0 Å².